The van der Waals surface area contributed by atoms with Gasteiger partial charge in [0.2, 0.25) is 0 Å². The lowest BCUT2D eigenvalue weighted by atomic mass is 10.2. The minimum Gasteiger partial charge on any atom is -0.411 e. The zero-order valence-electron chi connectivity index (χ0n) is 6.45. The first-order chi connectivity index (χ1) is 5.26. The molecule has 0 aromatic carbocycles. The number of allylic oxidation sites excluding steroid dienone is 3. The molecule has 0 atom stereocenters. The van der Waals surface area contributed by atoms with Gasteiger partial charge in [0, 0.05) is 10.5 Å². The highest BCUT2D eigenvalue weighted by Crippen LogP contribution is 2.17. The first-order valence-corrected chi connectivity index (χ1v) is 4.22. The molecule has 11 heavy (non-hydrogen) atoms. The Morgan fingerprint density at radius 3 is 2.64 bits per heavy atom. The Kier molecular flexibility index (Phi) is 5.29. The quantitative estimate of drug-likeness (QED) is 0.303. The predicted octanol–water partition coefficient (Wildman–Crippen LogP) is 2.44. The highest BCUT2D eigenvalue weighted by atomic mass is 32.2. The van der Waals surface area contributed by atoms with Crippen molar-refractivity contribution in [2.45, 2.75) is 0 Å². The highest BCUT2D eigenvalue weighted by Gasteiger charge is 1.95. The molecule has 0 unspecified atom stereocenters. The Hall–Kier alpha value is -0.960. The topological polar surface area (TPSA) is 32.6 Å². The third kappa shape index (κ3) is 3.68. The number of nitrogens with zero attached hydrogens (tertiary/aromatic N) is 1. The lowest BCUT2D eigenvalue weighted by molar-refractivity contribution is 0.322. The van der Waals surface area contributed by atoms with Crippen molar-refractivity contribution < 1.29 is 5.21 Å². The van der Waals surface area contributed by atoms with Crippen molar-refractivity contribution >= 4 is 18.0 Å². The zero-order chi connectivity index (χ0) is 8.69. The summed E-state index contributed by atoms with van der Waals surface area (Å²) in [6.45, 7) is 7.28. The van der Waals surface area contributed by atoms with Crippen molar-refractivity contribution in [3.8, 4) is 0 Å². The van der Waals surface area contributed by atoms with E-state index < -0.39 is 0 Å². The normalized spacial score (nSPS) is 11.9. The average Bonchev–Trinajstić information content (AvgIpc) is 2.03. The van der Waals surface area contributed by atoms with E-state index in [0.717, 1.165) is 10.5 Å². The molecule has 2 nitrogen and oxygen atoms in total. The minimum absolute atomic E-state index is 0.773. The Bertz CT molecular complexity index is 206. The number of rotatable bonds is 4. The summed E-state index contributed by atoms with van der Waals surface area (Å²) in [6.07, 6.45) is 6.60. The molecule has 0 aliphatic rings. The first kappa shape index (κ1) is 10.0. The van der Waals surface area contributed by atoms with E-state index in [4.69, 9.17) is 5.21 Å². The monoisotopic (exact) mass is 169 g/mol. The van der Waals surface area contributed by atoms with E-state index in [9.17, 15) is 0 Å². The Morgan fingerprint density at radius 2 is 2.27 bits per heavy atom. The molecule has 0 spiro atoms. The fourth-order valence-corrected chi connectivity index (χ4v) is 0.871. The third-order valence-electron chi connectivity index (χ3n) is 1.06. The van der Waals surface area contributed by atoms with Gasteiger partial charge in [0.15, 0.2) is 0 Å². The number of oxime groups is 1. The van der Waals surface area contributed by atoms with Crippen LogP contribution in [0, 0.1) is 0 Å². The van der Waals surface area contributed by atoms with Crippen LogP contribution in [0.4, 0.5) is 0 Å². The van der Waals surface area contributed by atoms with E-state index in [1.165, 1.54) is 18.0 Å². The molecule has 0 amide bonds. The maximum atomic E-state index is 8.25. The maximum Gasteiger partial charge on any atom is 0.0744 e. The van der Waals surface area contributed by atoms with Crippen LogP contribution in [0.2, 0.25) is 0 Å². The molecule has 0 aromatic heterocycles. The summed E-state index contributed by atoms with van der Waals surface area (Å²) in [5.41, 5.74) is 0.773. The zero-order valence-corrected chi connectivity index (χ0v) is 7.27. The number of thioether (sulfide) groups is 1. The molecule has 0 radical (unpaired) electrons. The Morgan fingerprint density at radius 1 is 1.64 bits per heavy atom. The van der Waals surface area contributed by atoms with Gasteiger partial charge in [0.25, 0.3) is 0 Å². The fourth-order valence-electron chi connectivity index (χ4n) is 0.515. The van der Waals surface area contributed by atoms with E-state index in [-0.39, 0.29) is 0 Å². The summed E-state index contributed by atoms with van der Waals surface area (Å²) in [7, 11) is 0. The van der Waals surface area contributed by atoms with E-state index in [1.807, 2.05) is 6.26 Å². The molecule has 0 bridgehead atoms. The van der Waals surface area contributed by atoms with Crippen LogP contribution in [0.3, 0.4) is 0 Å². The van der Waals surface area contributed by atoms with Crippen molar-refractivity contribution in [2.75, 3.05) is 6.26 Å². The summed E-state index contributed by atoms with van der Waals surface area (Å²) in [6, 6.07) is 0. The third-order valence-corrected chi connectivity index (χ3v) is 1.79. The van der Waals surface area contributed by atoms with Gasteiger partial charge in [-0.1, -0.05) is 30.5 Å². The molecule has 0 fully saturated rings. The summed E-state index contributed by atoms with van der Waals surface area (Å²) < 4.78 is 0. The van der Waals surface area contributed by atoms with Gasteiger partial charge in [-0.15, -0.1) is 11.8 Å². The first-order valence-electron chi connectivity index (χ1n) is 2.99. The second kappa shape index (κ2) is 5.80. The van der Waals surface area contributed by atoms with Gasteiger partial charge in [-0.2, -0.15) is 0 Å². The molecule has 1 N–H and O–H groups in total. The van der Waals surface area contributed by atoms with E-state index >= 15 is 0 Å². The SMILES string of the molecule is C=C/C=C(/C=N/O)C(=C)SC. The van der Waals surface area contributed by atoms with Crippen molar-refractivity contribution in [1.82, 2.24) is 0 Å². The maximum absolute atomic E-state index is 8.25. The van der Waals surface area contributed by atoms with Gasteiger partial charge in [0.1, 0.15) is 0 Å². The van der Waals surface area contributed by atoms with Gasteiger partial charge < -0.3 is 5.21 Å². The number of hydrogen-bond donors (Lipinski definition) is 1. The van der Waals surface area contributed by atoms with Crippen molar-refractivity contribution in [3.05, 3.63) is 35.8 Å². The van der Waals surface area contributed by atoms with E-state index in [0.29, 0.717) is 0 Å². The van der Waals surface area contributed by atoms with Crippen LogP contribution in [0.5, 0.6) is 0 Å². The minimum atomic E-state index is 0.773. The Labute approximate surface area is 71.0 Å². The second-order valence-corrected chi connectivity index (χ2v) is 2.63. The fraction of sp³-hybridized carbons (Fsp3) is 0.125. The summed E-state index contributed by atoms with van der Waals surface area (Å²) in [5, 5.41) is 11.2. The van der Waals surface area contributed by atoms with Gasteiger partial charge in [-0.25, -0.2) is 0 Å². The molecule has 3 heteroatoms. The summed E-state index contributed by atoms with van der Waals surface area (Å²) >= 11 is 1.50. The van der Waals surface area contributed by atoms with Crippen LogP contribution in [-0.4, -0.2) is 17.7 Å². The van der Waals surface area contributed by atoms with E-state index in [1.54, 1.807) is 12.2 Å². The lowest BCUT2D eigenvalue weighted by Crippen LogP contribution is -1.84. The van der Waals surface area contributed by atoms with Crippen molar-refractivity contribution in [2.24, 2.45) is 5.16 Å². The molecule has 0 saturated heterocycles. The van der Waals surface area contributed by atoms with Gasteiger partial charge in [-0.3, -0.25) is 0 Å². The van der Waals surface area contributed by atoms with Gasteiger partial charge in [-0.05, 0) is 6.26 Å². The standard InChI is InChI=1S/C8H11NOS/c1-4-5-8(6-9-10)7(2)11-3/h4-6,10H,1-2H2,3H3/b8-5-,9-6+. The Balaban J connectivity index is 4.46. The molecule has 0 aromatic rings. The lowest BCUT2D eigenvalue weighted by Gasteiger charge is -1.98. The molecule has 0 rings (SSSR count). The average molecular weight is 169 g/mol. The van der Waals surface area contributed by atoms with Crippen LogP contribution in [-0.2, 0) is 0 Å². The molecule has 60 valence electrons. The van der Waals surface area contributed by atoms with Crippen LogP contribution in [0.15, 0.2) is 40.9 Å². The molecular formula is C8H11NOS. The smallest absolute Gasteiger partial charge is 0.0744 e. The second-order valence-electron chi connectivity index (χ2n) is 1.73. The number of hydrogen-bond acceptors (Lipinski definition) is 3. The largest absolute Gasteiger partial charge is 0.411 e. The summed E-state index contributed by atoms with van der Waals surface area (Å²) in [5.74, 6) is 0. The molecule has 0 heterocycles. The van der Waals surface area contributed by atoms with Gasteiger partial charge in [0.05, 0.1) is 6.21 Å². The molecular weight excluding hydrogens is 158 g/mol. The van der Waals surface area contributed by atoms with Crippen LogP contribution in [0.25, 0.3) is 0 Å². The van der Waals surface area contributed by atoms with E-state index in [2.05, 4.69) is 18.3 Å². The van der Waals surface area contributed by atoms with Crippen LogP contribution < -0.4 is 0 Å². The van der Waals surface area contributed by atoms with Crippen LogP contribution in [0.1, 0.15) is 0 Å². The van der Waals surface area contributed by atoms with Crippen LogP contribution >= 0.6 is 11.8 Å². The summed E-state index contributed by atoms with van der Waals surface area (Å²) in [4.78, 5) is 0.850. The van der Waals surface area contributed by atoms with Gasteiger partial charge >= 0.3 is 0 Å². The molecule has 0 aliphatic carbocycles. The van der Waals surface area contributed by atoms with Crippen molar-refractivity contribution in [1.29, 1.82) is 0 Å². The molecule has 0 aliphatic heterocycles. The van der Waals surface area contributed by atoms with Crippen molar-refractivity contribution in [3.63, 3.8) is 0 Å². The predicted molar refractivity (Wildman–Crippen MR) is 51.2 cm³/mol. The molecule has 0 saturated carbocycles. The highest BCUT2D eigenvalue weighted by molar-refractivity contribution is 8.02.